The van der Waals surface area contributed by atoms with Crippen LogP contribution in [-0.4, -0.2) is 42.1 Å². The Morgan fingerprint density at radius 2 is 2.08 bits per heavy atom. The van der Waals surface area contributed by atoms with Crippen molar-refractivity contribution in [2.24, 2.45) is 5.92 Å². The summed E-state index contributed by atoms with van der Waals surface area (Å²) < 4.78 is 16.2. The predicted octanol–water partition coefficient (Wildman–Crippen LogP) is 2.35. The van der Waals surface area contributed by atoms with Crippen molar-refractivity contribution < 1.29 is 28.9 Å². The standard InChI is InChI=1S/C20H24O6/c1-11-5-4-6-12(2)8-16(18-13(3)19(22)25-15(18)7-11)26-20(23)14-9-17(21)24-10-14/h6-7,9,15-18,21H,3-5,8,10H2,1-2H3/b11-7-,12-6-/t15-,16?,17?,18+/m1/s1. The number of carbonyl (C=O) groups excluding carboxylic acids is 2. The van der Waals surface area contributed by atoms with Crippen molar-refractivity contribution in [2.45, 2.75) is 51.6 Å². The van der Waals surface area contributed by atoms with Crippen LogP contribution in [0.4, 0.5) is 0 Å². The zero-order valence-electron chi connectivity index (χ0n) is 15.1. The molecule has 4 atom stereocenters. The van der Waals surface area contributed by atoms with Crippen LogP contribution in [0.15, 0.2) is 47.1 Å². The van der Waals surface area contributed by atoms with E-state index in [-0.39, 0.29) is 12.2 Å². The summed E-state index contributed by atoms with van der Waals surface area (Å²) in [5.74, 6) is -1.44. The number of aliphatic hydroxyl groups excluding tert-OH is 1. The highest BCUT2D eigenvalue weighted by molar-refractivity contribution is 5.92. The Morgan fingerprint density at radius 1 is 1.31 bits per heavy atom. The molecule has 6 heteroatoms. The van der Waals surface area contributed by atoms with Gasteiger partial charge in [0.25, 0.3) is 0 Å². The first-order valence-electron chi connectivity index (χ1n) is 8.79. The molecule has 0 spiro atoms. The fourth-order valence-electron chi connectivity index (χ4n) is 3.52. The van der Waals surface area contributed by atoms with Gasteiger partial charge in [0, 0.05) is 12.0 Å². The second-order valence-corrected chi connectivity index (χ2v) is 7.06. The molecule has 1 saturated heterocycles. The van der Waals surface area contributed by atoms with Gasteiger partial charge in [0.1, 0.15) is 12.2 Å². The maximum absolute atomic E-state index is 12.5. The number of hydrogen-bond acceptors (Lipinski definition) is 6. The average molecular weight is 360 g/mol. The SMILES string of the molecule is C=C1C(=O)O[C@@H]2/C=C(/C)CC/C=C(/C)CC(OC(=O)C3=CC(O)OC3)[C@@H]12. The van der Waals surface area contributed by atoms with Gasteiger partial charge in [-0.2, -0.15) is 0 Å². The normalized spacial score (nSPS) is 36.2. The molecule has 0 radical (unpaired) electrons. The number of aliphatic hydroxyl groups is 1. The summed E-state index contributed by atoms with van der Waals surface area (Å²) in [5, 5.41) is 9.40. The number of rotatable bonds is 2. The largest absolute Gasteiger partial charge is 0.458 e. The van der Waals surface area contributed by atoms with Gasteiger partial charge in [-0.15, -0.1) is 0 Å². The molecule has 1 N–H and O–H groups in total. The van der Waals surface area contributed by atoms with Gasteiger partial charge in [-0.25, -0.2) is 9.59 Å². The van der Waals surface area contributed by atoms with Crippen LogP contribution in [0, 0.1) is 5.92 Å². The van der Waals surface area contributed by atoms with Crippen LogP contribution < -0.4 is 0 Å². The minimum absolute atomic E-state index is 0.00498. The van der Waals surface area contributed by atoms with Gasteiger partial charge in [0.15, 0.2) is 6.29 Å². The summed E-state index contributed by atoms with van der Waals surface area (Å²) in [6, 6.07) is 0. The average Bonchev–Trinajstić information content (AvgIpc) is 3.11. The molecule has 3 rings (SSSR count). The molecule has 2 unspecified atom stereocenters. The molecule has 6 nitrogen and oxygen atoms in total. The summed E-state index contributed by atoms with van der Waals surface area (Å²) in [5.41, 5.74) is 2.80. The van der Waals surface area contributed by atoms with Crippen LogP contribution in [0.1, 0.15) is 33.1 Å². The smallest absolute Gasteiger partial charge is 0.336 e. The number of hydrogen-bond donors (Lipinski definition) is 1. The maximum Gasteiger partial charge on any atom is 0.336 e. The molecule has 2 aliphatic heterocycles. The van der Waals surface area contributed by atoms with E-state index in [1.165, 1.54) is 6.08 Å². The fraction of sp³-hybridized carbons (Fsp3) is 0.500. The van der Waals surface area contributed by atoms with E-state index in [2.05, 4.69) is 12.7 Å². The van der Waals surface area contributed by atoms with Gasteiger partial charge in [0.2, 0.25) is 0 Å². The third-order valence-electron chi connectivity index (χ3n) is 4.94. The van der Waals surface area contributed by atoms with Crippen molar-refractivity contribution in [1.29, 1.82) is 0 Å². The zero-order chi connectivity index (χ0) is 18.8. The molecule has 1 fully saturated rings. The Morgan fingerprint density at radius 3 is 2.77 bits per heavy atom. The predicted molar refractivity (Wildman–Crippen MR) is 93.8 cm³/mol. The second kappa shape index (κ2) is 7.60. The Bertz CT molecular complexity index is 714. The summed E-state index contributed by atoms with van der Waals surface area (Å²) >= 11 is 0. The van der Waals surface area contributed by atoms with E-state index < -0.39 is 36.4 Å². The fourth-order valence-corrected chi connectivity index (χ4v) is 3.52. The number of esters is 2. The van der Waals surface area contributed by atoms with Gasteiger partial charge in [-0.05, 0) is 38.8 Å². The molecule has 3 aliphatic rings. The number of allylic oxidation sites excluding steroid dienone is 2. The van der Waals surface area contributed by atoms with E-state index in [0.29, 0.717) is 12.0 Å². The Hall–Kier alpha value is -2.18. The molecule has 0 amide bonds. The first kappa shape index (κ1) is 18.6. The topological polar surface area (TPSA) is 82.1 Å². The Balaban J connectivity index is 1.89. The van der Waals surface area contributed by atoms with Crippen LogP contribution >= 0.6 is 0 Å². The van der Waals surface area contributed by atoms with Crippen LogP contribution in [0.3, 0.4) is 0 Å². The van der Waals surface area contributed by atoms with Crippen molar-refractivity contribution in [3.63, 3.8) is 0 Å². The molecule has 0 aromatic heterocycles. The molecular formula is C20H24O6. The minimum atomic E-state index is -1.09. The van der Waals surface area contributed by atoms with Crippen molar-refractivity contribution in [3.8, 4) is 0 Å². The molecule has 140 valence electrons. The minimum Gasteiger partial charge on any atom is -0.458 e. The third kappa shape index (κ3) is 3.97. The first-order valence-corrected chi connectivity index (χ1v) is 8.79. The second-order valence-electron chi connectivity index (χ2n) is 7.06. The first-order chi connectivity index (χ1) is 12.3. The quantitative estimate of drug-likeness (QED) is 0.462. The molecule has 0 bridgehead atoms. The summed E-state index contributed by atoms with van der Waals surface area (Å²) in [4.78, 5) is 24.6. The van der Waals surface area contributed by atoms with E-state index in [9.17, 15) is 14.7 Å². The van der Waals surface area contributed by atoms with Crippen LogP contribution in [0.5, 0.6) is 0 Å². The molecule has 26 heavy (non-hydrogen) atoms. The number of fused-ring (bicyclic) bond motifs is 1. The zero-order valence-corrected chi connectivity index (χ0v) is 15.1. The van der Waals surface area contributed by atoms with E-state index >= 15 is 0 Å². The van der Waals surface area contributed by atoms with Gasteiger partial charge in [0.05, 0.1) is 18.1 Å². The number of ether oxygens (including phenoxy) is 3. The lowest BCUT2D eigenvalue weighted by Crippen LogP contribution is -2.34. The lowest BCUT2D eigenvalue weighted by atomic mass is 9.85. The highest BCUT2D eigenvalue weighted by Crippen LogP contribution is 2.36. The molecule has 0 aromatic rings. The lowest BCUT2D eigenvalue weighted by molar-refractivity contribution is -0.147. The summed E-state index contributed by atoms with van der Waals surface area (Å²) in [6.45, 7) is 7.86. The van der Waals surface area contributed by atoms with E-state index in [1.54, 1.807) is 0 Å². The maximum atomic E-state index is 12.5. The highest BCUT2D eigenvalue weighted by Gasteiger charge is 2.44. The molecule has 1 aliphatic carbocycles. The molecule has 0 aromatic carbocycles. The number of carbonyl (C=O) groups is 2. The van der Waals surface area contributed by atoms with E-state index in [1.807, 2.05) is 19.9 Å². The van der Waals surface area contributed by atoms with Crippen molar-refractivity contribution >= 4 is 11.9 Å². The molecule has 0 saturated carbocycles. The van der Waals surface area contributed by atoms with Gasteiger partial charge in [-0.3, -0.25) is 0 Å². The summed E-state index contributed by atoms with van der Waals surface area (Å²) in [7, 11) is 0. The van der Waals surface area contributed by atoms with E-state index in [0.717, 1.165) is 24.0 Å². The van der Waals surface area contributed by atoms with Gasteiger partial charge >= 0.3 is 11.9 Å². The van der Waals surface area contributed by atoms with E-state index in [4.69, 9.17) is 14.2 Å². The van der Waals surface area contributed by atoms with Gasteiger partial charge in [-0.1, -0.05) is 23.8 Å². The monoisotopic (exact) mass is 360 g/mol. The van der Waals surface area contributed by atoms with Crippen molar-refractivity contribution in [3.05, 3.63) is 47.1 Å². The van der Waals surface area contributed by atoms with Crippen LogP contribution in [0.25, 0.3) is 0 Å². The third-order valence-corrected chi connectivity index (χ3v) is 4.94. The molecular weight excluding hydrogens is 336 g/mol. The van der Waals surface area contributed by atoms with Crippen molar-refractivity contribution in [2.75, 3.05) is 6.61 Å². The summed E-state index contributed by atoms with van der Waals surface area (Å²) in [6.07, 6.45) is 5.49. The van der Waals surface area contributed by atoms with Gasteiger partial charge < -0.3 is 19.3 Å². The highest BCUT2D eigenvalue weighted by atomic mass is 16.6. The van der Waals surface area contributed by atoms with Crippen molar-refractivity contribution in [1.82, 2.24) is 0 Å². The van der Waals surface area contributed by atoms with Crippen LogP contribution in [-0.2, 0) is 23.8 Å². The molecule has 2 heterocycles. The Labute approximate surface area is 152 Å². The van der Waals surface area contributed by atoms with Crippen LogP contribution in [0.2, 0.25) is 0 Å². The lowest BCUT2D eigenvalue weighted by Gasteiger charge is -2.27. The Kier molecular flexibility index (Phi) is 5.44.